The molecular weight excluding hydrogens is 854 g/mol. The molecule has 2 aromatic carbocycles. The zero-order valence-electron chi connectivity index (χ0n) is 35.4. The van der Waals surface area contributed by atoms with Crippen LogP contribution in [0.4, 0.5) is 14.4 Å². The van der Waals surface area contributed by atoms with E-state index in [1.807, 2.05) is 0 Å². The zero-order chi connectivity index (χ0) is 45.8. The first-order chi connectivity index (χ1) is 30.5. The molecule has 0 saturated carbocycles. The maximum atomic E-state index is 16.4. The van der Waals surface area contributed by atoms with Crippen molar-refractivity contribution < 1.29 is 55.9 Å². The Bertz CT molecular complexity index is 2630. The number of nitrogens with one attached hydrogen (secondary N) is 3. The second-order valence-corrected chi connectivity index (χ2v) is 17.0. The Morgan fingerprint density at radius 1 is 0.984 bits per heavy atom. The van der Waals surface area contributed by atoms with Gasteiger partial charge in [-0.25, -0.2) is 9.36 Å². The van der Waals surface area contributed by atoms with Crippen LogP contribution in [0.5, 0.6) is 5.75 Å². The number of aromatic nitrogens is 3. The second-order valence-electron chi connectivity index (χ2n) is 15.7. The minimum absolute atomic E-state index is 0.00556. The maximum Gasteiger partial charge on any atom is 0.737 e. The third-order valence-corrected chi connectivity index (χ3v) is 12.0. The first-order valence-electron chi connectivity index (χ1n) is 20.8. The van der Waals surface area contributed by atoms with Crippen molar-refractivity contribution in [3.8, 4) is 17.0 Å². The molecule has 2 aromatic heterocycles. The average Bonchev–Trinajstić information content (AvgIpc) is 3.95. The van der Waals surface area contributed by atoms with Gasteiger partial charge in [-0.3, -0.25) is 23.5 Å². The molecule has 3 aliphatic rings. The molecule has 0 spiro atoms. The Kier molecular flexibility index (Phi) is 13.9. The van der Waals surface area contributed by atoms with E-state index in [0.717, 1.165) is 13.5 Å². The van der Waals surface area contributed by atoms with E-state index in [2.05, 4.69) is 25.5 Å². The third kappa shape index (κ3) is 10.3. The monoisotopic (exact) mass is 903 g/mol. The summed E-state index contributed by atoms with van der Waals surface area (Å²) in [6.07, 6.45) is 3.28. The average molecular weight is 904 g/mol. The molecule has 1 fully saturated rings. The maximum absolute atomic E-state index is 16.4. The van der Waals surface area contributed by atoms with Crippen molar-refractivity contribution in [3.05, 3.63) is 118 Å². The van der Waals surface area contributed by atoms with Crippen molar-refractivity contribution in [2.24, 2.45) is 0 Å². The number of phosphoric acid groups is 1. The molecule has 5 N–H and O–H groups in total. The fraction of sp³-hybridized carbons (Fsp3) is 0.349. The van der Waals surface area contributed by atoms with Crippen molar-refractivity contribution in [2.45, 2.75) is 77.2 Å². The van der Waals surface area contributed by atoms with E-state index in [1.54, 1.807) is 93.8 Å². The Morgan fingerprint density at radius 3 is 2.44 bits per heavy atom. The van der Waals surface area contributed by atoms with Crippen LogP contribution in [0.3, 0.4) is 0 Å². The SMILES string of the molecule is COc1ccc(-c2ccc3n2[B-](F)(F)[N+]2=C(C)C(CCC(=O)NCCCCCC(=O)N[C@H]4C[C@H](n5ccc(NC(=O)c6ccccc6)nc5=O)O[C@@H]4COP(=O)(O)O)=C(C)C2=C3)cc1. The van der Waals surface area contributed by atoms with Gasteiger partial charge in [-0.15, -0.1) is 0 Å². The standard InChI is InChI=1S/C43H49BF2N7O10P/c1-27-33(28(2)52-36(27)24-31-15-19-35(53(31)44(52,45)46)29-13-16-32(61-3)17-14-29)18-20-39(54)47-22-9-5-8-12-40(55)48-34-25-41(63-37(34)26-62-64(58,59)60)51-23-21-38(50-43(51)57)49-42(56)30-10-6-4-7-11-30/h4,6-7,10-11,13-17,19,21,23-24,34,37,41H,5,8-9,12,18,20,22,25-26H2,1-3H3,(H,47,54)(H,48,55)(H2,58,59,60)(H,49,50,56,57)/t34-,37+,41+/m0/s1. The van der Waals surface area contributed by atoms with Crippen LogP contribution < -0.4 is 26.4 Å². The number of ether oxygens (including phenoxy) is 2. The van der Waals surface area contributed by atoms with Crippen LogP contribution in [0.1, 0.15) is 81.1 Å². The smallest absolute Gasteiger partial charge is 0.497 e. The molecule has 0 radical (unpaired) electrons. The highest BCUT2D eigenvalue weighted by Crippen LogP contribution is 2.41. The Labute approximate surface area is 367 Å². The van der Waals surface area contributed by atoms with E-state index in [4.69, 9.17) is 9.47 Å². The van der Waals surface area contributed by atoms with Crippen molar-refractivity contribution >= 4 is 50.1 Å². The number of amides is 3. The summed E-state index contributed by atoms with van der Waals surface area (Å²) in [5.74, 6) is -0.424. The highest BCUT2D eigenvalue weighted by Gasteiger charge is 2.54. The van der Waals surface area contributed by atoms with E-state index in [9.17, 15) is 33.5 Å². The molecule has 7 rings (SSSR count). The van der Waals surface area contributed by atoms with Gasteiger partial charge in [-0.2, -0.15) is 4.98 Å². The van der Waals surface area contributed by atoms with Gasteiger partial charge in [0.05, 0.1) is 19.8 Å². The third-order valence-electron chi connectivity index (χ3n) is 11.5. The van der Waals surface area contributed by atoms with Crippen molar-refractivity contribution in [3.63, 3.8) is 0 Å². The zero-order valence-corrected chi connectivity index (χ0v) is 36.3. The number of carbonyl (C=O) groups excluding carboxylic acids is 3. The van der Waals surface area contributed by atoms with Gasteiger partial charge >= 0.3 is 20.5 Å². The van der Waals surface area contributed by atoms with Crippen LogP contribution in [-0.2, 0) is 23.4 Å². The molecule has 17 nitrogen and oxygen atoms in total. The minimum Gasteiger partial charge on any atom is -0.497 e. The van der Waals surface area contributed by atoms with Crippen molar-refractivity contribution in [1.29, 1.82) is 0 Å². The summed E-state index contributed by atoms with van der Waals surface area (Å²) >= 11 is 0. The van der Waals surface area contributed by atoms with E-state index in [1.165, 1.54) is 12.3 Å². The van der Waals surface area contributed by atoms with Gasteiger partial charge in [-0.05, 0) is 86.3 Å². The number of carbonyl (C=O) groups is 3. The Morgan fingerprint density at radius 2 is 1.73 bits per heavy atom. The number of benzene rings is 2. The number of hydrogen-bond donors (Lipinski definition) is 5. The molecular formula is C43H49BF2N7O10P. The van der Waals surface area contributed by atoms with Crippen LogP contribution in [0.15, 0.2) is 101 Å². The molecule has 0 bridgehead atoms. The summed E-state index contributed by atoms with van der Waals surface area (Å²) in [6, 6.07) is 19.3. The van der Waals surface area contributed by atoms with Gasteiger partial charge in [0.15, 0.2) is 5.70 Å². The highest BCUT2D eigenvalue weighted by molar-refractivity contribution is 7.46. The molecule has 0 aliphatic carbocycles. The summed E-state index contributed by atoms with van der Waals surface area (Å²) in [5, 5.41) is 8.25. The van der Waals surface area contributed by atoms with E-state index in [-0.39, 0.29) is 43.3 Å². The normalized spacial score (nSPS) is 18.9. The molecule has 3 amide bonds. The molecule has 5 heterocycles. The van der Waals surface area contributed by atoms with Crippen molar-refractivity contribution in [2.75, 3.05) is 25.6 Å². The summed E-state index contributed by atoms with van der Waals surface area (Å²) in [4.78, 5) is 73.9. The topological polar surface area (TPSA) is 215 Å². The number of unbranched alkanes of at least 4 members (excludes halogenated alkanes) is 2. The molecule has 3 aliphatic heterocycles. The van der Waals surface area contributed by atoms with Crippen LogP contribution in [0, 0.1) is 0 Å². The predicted molar refractivity (Wildman–Crippen MR) is 233 cm³/mol. The van der Waals surface area contributed by atoms with Gasteiger partial charge in [0.1, 0.15) is 29.6 Å². The van der Waals surface area contributed by atoms with E-state index < -0.39 is 51.4 Å². The lowest BCUT2D eigenvalue weighted by atomic mass is 9.89. The number of fused-ring (bicyclic) bond motifs is 2. The number of anilines is 1. The minimum atomic E-state index is -4.89. The lowest BCUT2D eigenvalue weighted by Gasteiger charge is -2.31. The fourth-order valence-corrected chi connectivity index (χ4v) is 8.68. The van der Waals surface area contributed by atoms with Crippen LogP contribution >= 0.6 is 7.82 Å². The predicted octanol–water partition coefficient (Wildman–Crippen LogP) is 5.39. The molecule has 64 heavy (non-hydrogen) atoms. The fourth-order valence-electron chi connectivity index (χ4n) is 8.34. The van der Waals surface area contributed by atoms with Crippen LogP contribution in [0.25, 0.3) is 17.3 Å². The first kappa shape index (κ1) is 46.0. The lowest BCUT2D eigenvalue weighted by molar-refractivity contribution is -0.362. The number of phosphoric ester groups is 1. The summed E-state index contributed by atoms with van der Waals surface area (Å²) < 4.78 is 63.5. The molecule has 21 heteroatoms. The molecule has 4 aromatic rings. The van der Waals surface area contributed by atoms with E-state index in [0.29, 0.717) is 76.6 Å². The lowest BCUT2D eigenvalue weighted by Crippen LogP contribution is -2.50. The summed E-state index contributed by atoms with van der Waals surface area (Å²) in [6.45, 7) is -1.00. The number of hydrogen-bond acceptors (Lipinski definition) is 9. The summed E-state index contributed by atoms with van der Waals surface area (Å²) in [7, 11) is -3.35. The molecule has 3 atom stereocenters. The number of allylic oxidation sites excluding steroid dienone is 2. The molecule has 0 unspecified atom stereocenters. The van der Waals surface area contributed by atoms with Gasteiger partial charge in [-0.1, -0.05) is 24.6 Å². The Balaban J connectivity index is 0.863. The van der Waals surface area contributed by atoms with Gasteiger partial charge < -0.3 is 52.8 Å². The van der Waals surface area contributed by atoms with Gasteiger partial charge in [0.25, 0.3) is 5.91 Å². The highest BCUT2D eigenvalue weighted by atomic mass is 31.2. The van der Waals surface area contributed by atoms with Crippen LogP contribution in [-0.4, -0.2) is 91.1 Å². The Hall–Kier alpha value is -6.05. The van der Waals surface area contributed by atoms with Gasteiger partial charge in [0, 0.05) is 73.1 Å². The largest absolute Gasteiger partial charge is 0.737 e. The summed E-state index contributed by atoms with van der Waals surface area (Å²) in [5.41, 5.74) is 3.25. The first-order valence-corrected chi connectivity index (χ1v) is 22.4. The second kappa shape index (κ2) is 19.4. The molecule has 338 valence electrons. The quantitative estimate of drug-likeness (QED) is 0.0485. The number of rotatable bonds is 18. The number of nitrogens with zero attached hydrogens (tertiary/aromatic N) is 4. The van der Waals surface area contributed by atoms with Crippen molar-refractivity contribution in [1.82, 2.24) is 24.7 Å². The molecule has 1 saturated heterocycles. The van der Waals surface area contributed by atoms with E-state index >= 15 is 8.63 Å². The number of halogens is 2. The van der Waals surface area contributed by atoms with Gasteiger partial charge in [0.2, 0.25) is 11.8 Å². The number of methoxy groups -OCH3 is 1. The van der Waals surface area contributed by atoms with Crippen LogP contribution in [0.2, 0.25) is 0 Å².